The molecule has 1 aliphatic rings. The molecule has 3 nitrogen and oxygen atoms in total. The molecule has 1 aromatic carbocycles. The maximum Gasteiger partial charge on any atom is 0.225 e. The van der Waals surface area contributed by atoms with Crippen LogP contribution in [0.1, 0.15) is 44.7 Å². The van der Waals surface area contributed by atoms with Gasteiger partial charge in [0.2, 0.25) is 5.91 Å². The van der Waals surface area contributed by atoms with Gasteiger partial charge in [-0.05, 0) is 36.6 Å². The van der Waals surface area contributed by atoms with Gasteiger partial charge in [-0.3, -0.25) is 4.79 Å². The molecule has 0 unspecified atom stereocenters. The van der Waals surface area contributed by atoms with Gasteiger partial charge in [0.15, 0.2) is 0 Å². The van der Waals surface area contributed by atoms with E-state index in [-0.39, 0.29) is 12.3 Å². The van der Waals surface area contributed by atoms with Crippen LogP contribution in [0.3, 0.4) is 0 Å². The summed E-state index contributed by atoms with van der Waals surface area (Å²) in [7, 11) is 1.64. The van der Waals surface area contributed by atoms with Crippen molar-refractivity contribution in [3.8, 4) is 0 Å². The molecule has 1 N–H and O–H groups in total. The van der Waals surface area contributed by atoms with Crippen molar-refractivity contribution < 1.29 is 4.79 Å². The van der Waals surface area contributed by atoms with Gasteiger partial charge in [-0.2, -0.15) is 0 Å². The van der Waals surface area contributed by atoms with Crippen molar-refractivity contribution in [2.45, 2.75) is 40.5 Å². The molecule has 0 spiro atoms. The fraction of sp³-hybridized carbons (Fsp3) is 0.318. The number of nitrogens with zero attached hydrogens (tertiary/aromatic N) is 1. The van der Waals surface area contributed by atoms with E-state index >= 15 is 0 Å². The maximum absolute atomic E-state index is 12.1. The summed E-state index contributed by atoms with van der Waals surface area (Å²) in [6.07, 6.45) is 6.53. The molecule has 1 aromatic rings. The Morgan fingerprint density at radius 2 is 1.81 bits per heavy atom. The van der Waals surface area contributed by atoms with E-state index in [1.807, 2.05) is 31.0 Å². The minimum absolute atomic E-state index is 0.0464. The Hall–Kier alpha value is -2.26. The number of amides is 1. The maximum atomic E-state index is 12.1. The van der Waals surface area contributed by atoms with Crippen LogP contribution in [-0.2, 0) is 4.79 Å². The standard InChI is InChI=1S/C20H23ClN2O.C2H6/c1-5-18(16-9-6-14(2)7-10-16)19(12-20(24)22-4)23-13-17(21)11-8-15(23)3;1-2/h6-11,13H,3,5,12H2,1-2,4H3,(H,22,24);1-2H3/b19-18+;. The quantitative estimate of drug-likeness (QED) is 0.714. The van der Waals surface area contributed by atoms with Crippen LogP contribution in [0.25, 0.3) is 5.57 Å². The predicted octanol–water partition coefficient (Wildman–Crippen LogP) is 5.74. The Kier molecular flexibility index (Phi) is 8.94. The SMILES string of the molecule is C=C1C=CC(Cl)=CN1/C(CC(=O)NC)=C(\CC)c1ccc(C)cc1.CC. The summed E-state index contributed by atoms with van der Waals surface area (Å²) in [4.78, 5) is 14.0. The van der Waals surface area contributed by atoms with Crippen molar-refractivity contribution in [2.24, 2.45) is 0 Å². The third-order valence-electron chi connectivity index (χ3n) is 4.00. The summed E-state index contributed by atoms with van der Waals surface area (Å²) in [5.41, 5.74) is 5.10. The molecule has 26 heavy (non-hydrogen) atoms. The molecule has 1 heterocycles. The second-order valence-corrected chi connectivity index (χ2v) is 6.14. The molecule has 140 valence electrons. The summed E-state index contributed by atoms with van der Waals surface area (Å²) in [6.45, 7) is 12.2. The number of benzene rings is 1. The highest BCUT2D eigenvalue weighted by Crippen LogP contribution is 2.32. The number of nitrogens with one attached hydrogen (secondary N) is 1. The van der Waals surface area contributed by atoms with E-state index in [1.165, 1.54) is 5.56 Å². The molecule has 0 atom stereocenters. The largest absolute Gasteiger partial charge is 0.359 e. The first-order chi connectivity index (χ1) is 12.5. The monoisotopic (exact) mass is 372 g/mol. The Bertz CT molecular complexity index is 727. The molecule has 1 amide bonds. The summed E-state index contributed by atoms with van der Waals surface area (Å²) >= 11 is 6.17. The number of aryl methyl sites for hydroxylation is 1. The van der Waals surface area contributed by atoms with E-state index in [0.717, 1.165) is 29.0 Å². The molecular weight excluding hydrogens is 344 g/mol. The summed E-state index contributed by atoms with van der Waals surface area (Å²) in [6, 6.07) is 8.34. The second-order valence-electron chi connectivity index (χ2n) is 5.70. The van der Waals surface area contributed by atoms with Gasteiger partial charge in [-0.15, -0.1) is 0 Å². The van der Waals surface area contributed by atoms with Crippen LogP contribution < -0.4 is 5.32 Å². The van der Waals surface area contributed by atoms with Crippen molar-refractivity contribution >= 4 is 23.1 Å². The second kappa shape index (κ2) is 10.7. The molecule has 1 aliphatic heterocycles. The first-order valence-electron chi connectivity index (χ1n) is 8.99. The number of rotatable bonds is 5. The lowest BCUT2D eigenvalue weighted by Gasteiger charge is -2.29. The molecular formula is C22H29ClN2O. The summed E-state index contributed by atoms with van der Waals surface area (Å²) in [5, 5.41) is 3.31. The van der Waals surface area contributed by atoms with Gasteiger partial charge in [0, 0.05) is 24.6 Å². The van der Waals surface area contributed by atoms with E-state index in [1.54, 1.807) is 13.1 Å². The molecule has 0 fully saturated rings. The fourth-order valence-corrected chi connectivity index (χ4v) is 2.82. The lowest BCUT2D eigenvalue weighted by Crippen LogP contribution is -2.25. The summed E-state index contributed by atoms with van der Waals surface area (Å²) < 4.78 is 0. The molecule has 0 aromatic heterocycles. The minimum Gasteiger partial charge on any atom is -0.359 e. The Morgan fingerprint density at radius 1 is 1.19 bits per heavy atom. The molecule has 0 radical (unpaired) electrons. The number of hydrogen-bond donors (Lipinski definition) is 1. The van der Waals surface area contributed by atoms with Crippen molar-refractivity contribution in [2.75, 3.05) is 7.05 Å². The van der Waals surface area contributed by atoms with Gasteiger partial charge in [0.05, 0.1) is 11.5 Å². The zero-order chi connectivity index (χ0) is 19.7. The highest BCUT2D eigenvalue weighted by Gasteiger charge is 2.20. The predicted molar refractivity (Wildman–Crippen MR) is 112 cm³/mol. The highest BCUT2D eigenvalue weighted by molar-refractivity contribution is 6.31. The van der Waals surface area contributed by atoms with Gasteiger partial charge in [0.25, 0.3) is 0 Å². The Balaban J connectivity index is 0.00000163. The van der Waals surface area contributed by atoms with Crippen molar-refractivity contribution in [3.63, 3.8) is 0 Å². The molecule has 2 rings (SSSR count). The zero-order valence-electron chi connectivity index (χ0n) is 16.4. The van der Waals surface area contributed by atoms with Gasteiger partial charge in [-0.25, -0.2) is 0 Å². The lowest BCUT2D eigenvalue weighted by atomic mass is 9.97. The highest BCUT2D eigenvalue weighted by atomic mass is 35.5. The molecule has 0 saturated heterocycles. The summed E-state index contributed by atoms with van der Waals surface area (Å²) in [5.74, 6) is -0.0464. The average Bonchev–Trinajstić information content (AvgIpc) is 2.66. The van der Waals surface area contributed by atoms with Crippen LogP contribution in [0, 0.1) is 6.92 Å². The van der Waals surface area contributed by atoms with E-state index in [4.69, 9.17) is 11.6 Å². The van der Waals surface area contributed by atoms with Crippen LogP contribution in [0.4, 0.5) is 0 Å². The first kappa shape index (κ1) is 21.8. The molecule has 0 bridgehead atoms. The average molecular weight is 373 g/mol. The molecule has 4 heteroatoms. The van der Waals surface area contributed by atoms with Gasteiger partial charge < -0.3 is 10.2 Å². The number of halogens is 1. The van der Waals surface area contributed by atoms with Gasteiger partial charge in [0.1, 0.15) is 0 Å². The van der Waals surface area contributed by atoms with Crippen LogP contribution in [0.2, 0.25) is 0 Å². The Morgan fingerprint density at radius 3 is 2.35 bits per heavy atom. The molecule has 0 saturated carbocycles. The lowest BCUT2D eigenvalue weighted by molar-refractivity contribution is -0.120. The van der Waals surface area contributed by atoms with Crippen molar-refractivity contribution in [3.05, 3.63) is 76.7 Å². The van der Waals surface area contributed by atoms with E-state index < -0.39 is 0 Å². The minimum atomic E-state index is -0.0464. The van der Waals surface area contributed by atoms with E-state index in [0.29, 0.717) is 5.03 Å². The number of allylic oxidation sites excluding steroid dienone is 4. The number of carbonyl (C=O) groups excluding carboxylic acids is 1. The van der Waals surface area contributed by atoms with Gasteiger partial charge >= 0.3 is 0 Å². The third kappa shape index (κ3) is 5.63. The zero-order valence-corrected chi connectivity index (χ0v) is 17.2. The molecule has 0 aliphatic carbocycles. The van der Waals surface area contributed by atoms with Gasteiger partial charge in [-0.1, -0.05) is 68.8 Å². The number of carbonyl (C=O) groups is 1. The van der Waals surface area contributed by atoms with E-state index in [2.05, 4.69) is 50.0 Å². The van der Waals surface area contributed by atoms with Crippen LogP contribution in [0.5, 0.6) is 0 Å². The van der Waals surface area contributed by atoms with Crippen LogP contribution >= 0.6 is 11.6 Å². The van der Waals surface area contributed by atoms with Crippen molar-refractivity contribution in [1.29, 1.82) is 0 Å². The van der Waals surface area contributed by atoms with Crippen molar-refractivity contribution in [1.82, 2.24) is 10.2 Å². The fourth-order valence-electron chi connectivity index (χ4n) is 2.66. The third-order valence-corrected chi connectivity index (χ3v) is 4.22. The number of hydrogen-bond acceptors (Lipinski definition) is 2. The first-order valence-corrected chi connectivity index (χ1v) is 9.37. The normalized spacial score (nSPS) is 14.2. The smallest absolute Gasteiger partial charge is 0.225 e. The van der Waals surface area contributed by atoms with E-state index in [9.17, 15) is 4.79 Å². The van der Waals surface area contributed by atoms with Crippen LogP contribution in [-0.4, -0.2) is 17.9 Å². The topological polar surface area (TPSA) is 32.3 Å². The Labute approximate surface area is 162 Å². The van der Waals surface area contributed by atoms with Crippen LogP contribution in [0.15, 0.2) is 65.6 Å².